The normalized spacial score (nSPS) is 11.3. The highest BCUT2D eigenvalue weighted by Gasteiger charge is 2.11. The first-order valence-electron chi connectivity index (χ1n) is 3.91. The summed E-state index contributed by atoms with van der Waals surface area (Å²) < 4.78 is 37.2. The van der Waals surface area contributed by atoms with E-state index in [1.165, 1.54) is 18.2 Å². The van der Waals surface area contributed by atoms with Gasteiger partial charge in [0.1, 0.15) is 5.82 Å². The molecule has 0 saturated carbocycles. The predicted octanol–water partition coefficient (Wildman–Crippen LogP) is 0.560. The molecule has 0 aliphatic rings. The molecule has 0 aliphatic heterocycles. The van der Waals surface area contributed by atoms with Crippen molar-refractivity contribution in [2.45, 2.75) is 0 Å². The second kappa shape index (κ2) is 4.39. The second-order valence-corrected chi connectivity index (χ2v) is 4.47. The summed E-state index contributed by atoms with van der Waals surface area (Å²) in [7, 11) is -3.65. The topological polar surface area (TPSA) is 66.4 Å². The first-order valence-corrected chi connectivity index (χ1v) is 5.56. The van der Waals surface area contributed by atoms with Gasteiger partial charge in [-0.3, -0.25) is 4.72 Å². The molecule has 14 heavy (non-hydrogen) atoms. The van der Waals surface area contributed by atoms with Crippen LogP contribution in [0.25, 0.3) is 0 Å². The Morgan fingerprint density at radius 1 is 1.36 bits per heavy atom. The third kappa shape index (κ3) is 2.97. The number of anilines is 1. The third-order valence-electron chi connectivity index (χ3n) is 1.50. The van der Waals surface area contributed by atoms with Crippen molar-refractivity contribution in [2.24, 2.45) is 0 Å². The molecular formula is C8H10FNO3S. The fraction of sp³-hybridized carbons (Fsp3) is 0.250. The standard InChI is InChI=1S/C8H10FNO3S/c9-7-3-1-2-4-8(7)10-14(12,13)6-5-11/h1-4,10-11H,5-6H2. The molecule has 0 heterocycles. The Morgan fingerprint density at radius 3 is 2.57 bits per heavy atom. The Bertz CT molecular complexity index is 405. The van der Waals surface area contributed by atoms with E-state index in [0.29, 0.717) is 0 Å². The summed E-state index contributed by atoms with van der Waals surface area (Å²) in [6.45, 7) is -0.496. The molecule has 0 saturated heterocycles. The van der Waals surface area contributed by atoms with Crippen molar-refractivity contribution in [3.8, 4) is 0 Å². The molecule has 4 nitrogen and oxygen atoms in total. The van der Waals surface area contributed by atoms with E-state index in [0.717, 1.165) is 6.07 Å². The lowest BCUT2D eigenvalue weighted by Crippen LogP contribution is -2.19. The summed E-state index contributed by atoms with van der Waals surface area (Å²) in [4.78, 5) is 0. The maximum Gasteiger partial charge on any atom is 0.235 e. The van der Waals surface area contributed by atoms with Crippen molar-refractivity contribution in [1.82, 2.24) is 0 Å². The van der Waals surface area contributed by atoms with E-state index in [2.05, 4.69) is 0 Å². The van der Waals surface area contributed by atoms with Crippen LogP contribution < -0.4 is 4.72 Å². The first kappa shape index (κ1) is 10.9. The number of hydrogen-bond donors (Lipinski definition) is 2. The lowest BCUT2D eigenvalue weighted by Gasteiger charge is -2.06. The minimum absolute atomic E-state index is 0.110. The highest BCUT2D eigenvalue weighted by atomic mass is 32.2. The third-order valence-corrected chi connectivity index (χ3v) is 2.75. The zero-order valence-corrected chi connectivity index (χ0v) is 8.09. The molecule has 0 aromatic heterocycles. The first-order chi connectivity index (χ1) is 6.55. The number of hydrogen-bond acceptors (Lipinski definition) is 3. The van der Waals surface area contributed by atoms with Crippen LogP contribution in [0.2, 0.25) is 0 Å². The van der Waals surface area contributed by atoms with Crippen molar-refractivity contribution in [1.29, 1.82) is 0 Å². The number of sulfonamides is 1. The van der Waals surface area contributed by atoms with E-state index in [9.17, 15) is 12.8 Å². The van der Waals surface area contributed by atoms with Gasteiger partial charge in [0.25, 0.3) is 0 Å². The lowest BCUT2D eigenvalue weighted by atomic mass is 10.3. The quantitative estimate of drug-likeness (QED) is 0.777. The molecule has 0 bridgehead atoms. The molecule has 1 aromatic carbocycles. The van der Waals surface area contributed by atoms with Gasteiger partial charge in [0.15, 0.2) is 0 Å². The van der Waals surface area contributed by atoms with Gasteiger partial charge in [-0.2, -0.15) is 0 Å². The molecule has 0 aliphatic carbocycles. The van der Waals surface area contributed by atoms with E-state index in [1.54, 1.807) is 0 Å². The largest absolute Gasteiger partial charge is 0.395 e. The van der Waals surface area contributed by atoms with Gasteiger partial charge in [-0.05, 0) is 12.1 Å². The Morgan fingerprint density at radius 2 is 2.00 bits per heavy atom. The zero-order valence-electron chi connectivity index (χ0n) is 7.27. The Kier molecular flexibility index (Phi) is 3.43. The van der Waals surface area contributed by atoms with Crippen molar-refractivity contribution < 1.29 is 17.9 Å². The molecule has 0 atom stereocenters. The van der Waals surface area contributed by atoms with E-state index in [1.807, 2.05) is 4.72 Å². The lowest BCUT2D eigenvalue weighted by molar-refractivity contribution is 0.320. The van der Waals surface area contributed by atoms with Gasteiger partial charge < -0.3 is 5.11 Å². The number of aliphatic hydroxyl groups is 1. The van der Waals surface area contributed by atoms with Gasteiger partial charge in [0, 0.05) is 0 Å². The van der Waals surface area contributed by atoms with Crippen molar-refractivity contribution in [2.75, 3.05) is 17.1 Å². The van der Waals surface area contributed by atoms with Crippen LogP contribution in [0.1, 0.15) is 0 Å². The van der Waals surface area contributed by atoms with E-state index in [4.69, 9.17) is 5.11 Å². The van der Waals surface area contributed by atoms with Crippen molar-refractivity contribution >= 4 is 15.7 Å². The zero-order chi connectivity index (χ0) is 10.6. The predicted molar refractivity (Wildman–Crippen MR) is 50.9 cm³/mol. The van der Waals surface area contributed by atoms with Crippen LogP contribution >= 0.6 is 0 Å². The maximum absolute atomic E-state index is 13.0. The summed E-state index contributed by atoms with van der Waals surface area (Å²) in [6.07, 6.45) is 0. The molecule has 0 unspecified atom stereocenters. The van der Waals surface area contributed by atoms with Crippen LogP contribution in [0.3, 0.4) is 0 Å². The molecule has 0 spiro atoms. The Hall–Kier alpha value is -1.14. The van der Waals surface area contributed by atoms with E-state index >= 15 is 0 Å². The molecule has 2 N–H and O–H groups in total. The van der Waals surface area contributed by atoms with Gasteiger partial charge in [-0.1, -0.05) is 12.1 Å². The fourth-order valence-electron chi connectivity index (χ4n) is 0.883. The Labute approximate surface area is 81.4 Å². The average Bonchev–Trinajstić information content (AvgIpc) is 2.08. The molecule has 1 aromatic rings. The Balaban J connectivity index is 2.84. The maximum atomic E-state index is 13.0. The SMILES string of the molecule is O=S(=O)(CCO)Nc1ccccc1F. The molecule has 0 amide bonds. The molecule has 0 fully saturated rings. The van der Waals surface area contributed by atoms with Crippen molar-refractivity contribution in [3.05, 3.63) is 30.1 Å². The minimum atomic E-state index is -3.65. The number of para-hydroxylation sites is 1. The summed E-state index contributed by atoms with van der Waals surface area (Å²) in [6, 6.07) is 5.43. The number of benzene rings is 1. The van der Waals surface area contributed by atoms with Gasteiger partial charge in [0.2, 0.25) is 10.0 Å². The summed E-state index contributed by atoms with van der Waals surface area (Å²) in [5.41, 5.74) is -0.110. The molecule has 6 heteroatoms. The van der Waals surface area contributed by atoms with Crippen molar-refractivity contribution in [3.63, 3.8) is 0 Å². The van der Waals surface area contributed by atoms with E-state index in [-0.39, 0.29) is 5.69 Å². The van der Waals surface area contributed by atoms with Crippen LogP contribution in [0.15, 0.2) is 24.3 Å². The number of rotatable bonds is 4. The van der Waals surface area contributed by atoms with E-state index < -0.39 is 28.2 Å². The van der Waals surface area contributed by atoms with Crippen LogP contribution in [-0.4, -0.2) is 25.9 Å². The van der Waals surface area contributed by atoms with Gasteiger partial charge in [-0.25, -0.2) is 12.8 Å². The van der Waals surface area contributed by atoms with Gasteiger partial charge >= 0.3 is 0 Å². The van der Waals surface area contributed by atoms with Crippen LogP contribution in [0.5, 0.6) is 0 Å². The smallest absolute Gasteiger partial charge is 0.235 e. The summed E-state index contributed by atoms with van der Waals surface area (Å²) in [5.74, 6) is -1.09. The van der Waals surface area contributed by atoms with Gasteiger partial charge in [0.05, 0.1) is 18.0 Å². The molecular weight excluding hydrogens is 209 g/mol. The highest BCUT2D eigenvalue weighted by molar-refractivity contribution is 7.92. The van der Waals surface area contributed by atoms with Crippen LogP contribution in [0, 0.1) is 5.82 Å². The van der Waals surface area contributed by atoms with Crippen LogP contribution in [-0.2, 0) is 10.0 Å². The molecule has 78 valence electrons. The van der Waals surface area contributed by atoms with Gasteiger partial charge in [-0.15, -0.1) is 0 Å². The number of nitrogens with one attached hydrogen (secondary N) is 1. The monoisotopic (exact) mass is 219 g/mol. The molecule has 0 radical (unpaired) electrons. The fourth-order valence-corrected chi connectivity index (χ4v) is 1.73. The molecule has 1 rings (SSSR count). The number of aliphatic hydroxyl groups excluding tert-OH is 1. The van der Waals surface area contributed by atoms with Crippen LogP contribution in [0.4, 0.5) is 10.1 Å². The highest BCUT2D eigenvalue weighted by Crippen LogP contribution is 2.13. The summed E-state index contributed by atoms with van der Waals surface area (Å²) in [5, 5.41) is 8.44. The second-order valence-electron chi connectivity index (χ2n) is 2.62. The number of halogens is 1. The average molecular weight is 219 g/mol. The minimum Gasteiger partial charge on any atom is -0.395 e. The summed E-state index contributed by atoms with van der Waals surface area (Å²) >= 11 is 0.